The molecule has 1 heterocycles. The highest BCUT2D eigenvalue weighted by molar-refractivity contribution is 4.89. The summed E-state index contributed by atoms with van der Waals surface area (Å²) >= 11 is 0. The molecule has 1 aliphatic carbocycles. The van der Waals surface area contributed by atoms with E-state index in [2.05, 4.69) is 38.0 Å². The van der Waals surface area contributed by atoms with E-state index in [1.807, 2.05) is 0 Å². The summed E-state index contributed by atoms with van der Waals surface area (Å²) in [5, 5.41) is 3.72. The van der Waals surface area contributed by atoms with Crippen LogP contribution in [0.5, 0.6) is 0 Å². The van der Waals surface area contributed by atoms with Crippen molar-refractivity contribution in [1.29, 1.82) is 0 Å². The third kappa shape index (κ3) is 5.88. The molecule has 124 valence electrons. The number of hydrogen-bond acceptors (Lipinski definition) is 3. The topological polar surface area (TPSA) is 24.5 Å². The Labute approximate surface area is 131 Å². The van der Waals surface area contributed by atoms with Crippen molar-refractivity contribution in [3.05, 3.63) is 0 Å². The summed E-state index contributed by atoms with van der Waals surface area (Å²) in [5.74, 6) is 0.937. The second-order valence-corrected chi connectivity index (χ2v) is 8.61. The average Bonchev–Trinajstić information content (AvgIpc) is 2.89. The lowest BCUT2D eigenvalue weighted by molar-refractivity contribution is -0.0268. The first-order valence-corrected chi connectivity index (χ1v) is 8.90. The largest absolute Gasteiger partial charge is 0.381 e. The molecule has 3 heteroatoms. The Bertz CT molecular complexity index is 299. The highest BCUT2D eigenvalue weighted by Gasteiger charge is 2.35. The lowest BCUT2D eigenvalue weighted by Gasteiger charge is -2.42. The maximum Gasteiger partial charge on any atom is 0.0546 e. The average molecular weight is 296 g/mol. The van der Waals surface area contributed by atoms with Gasteiger partial charge in [-0.05, 0) is 59.4 Å². The normalized spacial score (nSPS) is 28.4. The Hall–Kier alpha value is -0.120. The molecule has 1 atom stereocenters. The lowest BCUT2D eigenvalue weighted by Crippen LogP contribution is -2.52. The van der Waals surface area contributed by atoms with E-state index in [9.17, 15) is 0 Å². The molecule has 0 radical (unpaired) electrons. The second kappa shape index (κ2) is 7.43. The van der Waals surface area contributed by atoms with E-state index in [-0.39, 0.29) is 5.54 Å². The highest BCUT2D eigenvalue weighted by atomic mass is 16.5. The highest BCUT2D eigenvalue weighted by Crippen LogP contribution is 2.31. The molecular formula is C18H36N2O. The van der Waals surface area contributed by atoms with Gasteiger partial charge in [0.15, 0.2) is 0 Å². The minimum Gasteiger partial charge on any atom is -0.381 e. The first-order chi connectivity index (χ1) is 9.89. The third-order valence-electron chi connectivity index (χ3n) is 5.05. The number of hydrogen-bond donors (Lipinski definition) is 1. The minimum atomic E-state index is 0.189. The molecule has 1 saturated heterocycles. The van der Waals surface area contributed by atoms with E-state index in [4.69, 9.17) is 4.74 Å². The summed E-state index contributed by atoms with van der Waals surface area (Å²) < 4.78 is 5.85. The fraction of sp³-hybridized carbons (Fsp3) is 1.00. The summed E-state index contributed by atoms with van der Waals surface area (Å²) in [6.07, 6.45) is 8.27. The zero-order chi connectivity index (χ0) is 15.3. The minimum absolute atomic E-state index is 0.189. The van der Waals surface area contributed by atoms with Gasteiger partial charge in [0.2, 0.25) is 0 Å². The van der Waals surface area contributed by atoms with Gasteiger partial charge in [-0.2, -0.15) is 0 Å². The van der Waals surface area contributed by atoms with Gasteiger partial charge in [0, 0.05) is 37.2 Å². The van der Waals surface area contributed by atoms with Crippen LogP contribution in [0.2, 0.25) is 0 Å². The van der Waals surface area contributed by atoms with E-state index < -0.39 is 0 Å². The Morgan fingerprint density at radius 2 is 1.90 bits per heavy atom. The van der Waals surface area contributed by atoms with E-state index >= 15 is 0 Å². The Morgan fingerprint density at radius 1 is 1.19 bits per heavy atom. The van der Waals surface area contributed by atoms with Crippen LogP contribution in [0.25, 0.3) is 0 Å². The van der Waals surface area contributed by atoms with Crippen LogP contribution in [0.4, 0.5) is 0 Å². The summed E-state index contributed by atoms with van der Waals surface area (Å²) in [4.78, 5) is 2.58. The van der Waals surface area contributed by atoms with Crippen molar-refractivity contribution in [3.8, 4) is 0 Å². The molecule has 3 nitrogen and oxygen atoms in total. The predicted octanol–water partition coefficient (Wildman–Crippen LogP) is 3.29. The van der Waals surface area contributed by atoms with E-state index in [1.165, 1.54) is 51.6 Å². The SMILES string of the molecule is CN(CC1CCCC1)CC1(CNC(C)(C)C)CCCOC1. The Kier molecular flexibility index (Phi) is 6.10. The number of nitrogens with one attached hydrogen (secondary N) is 1. The van der Waals surface area contributed by atoms with Crippen LogP contribution in [-0.4, -0.2) is 50.3 Å². The van der Waals surface area contributed by atoms with Crippen LogP contribution in [0.15, 0.2) is 0 Å². The van der Waals surface area contributed by atoms with Crippen molar-refractivity contribution in [3.63, 3.8) is 0 Å². The zero-order valence-corrected chi connectivity index (χ0v) is 14.7. The fourth-order valence-electron chi connectivity index (χ4n) is 3.95. The molecule has 0 aromatic rings. The molecule has 1 aliphatic heterocycles. The van der Waals surface area contributed by atoms with Crippen LogP contribution >= 0.6 is 0 Å². The quantitative estimate of drug-likeness (QED) is 0.814. The van der Waals surface area contributed by atoms with Gasteiger partial charge in [0.25, 0.3) is 0 Å². The maximum atomic E-state index is 5.85. The van der Waals surface area contributed by atoms with Gasteiger partial charge in [-0.3, -0.25) is 0 Å². The van der Waals surface area contributed by atoms with Crippen LogP contribution in [0.3, 0.4) is 0 Å². The van der Waals surface area contributed by atoms with Gasteiger partial charge in [-0.1, -0.05) is 12.8 Å². The van der Waals surface area contributed by atoms with Crippen molar-refractivity contribution < 1.29 is 4.74 Å². The number of ether oxygens (including phenoxy) is 1. The Morgan fingerprint density at radius 3 is 2.48 bits per heavy atom. The van der Waals surface area contributed by atoms with E-state index in [0.29, 0.717) is 5.41 Å². The molecule has 0 bridgehead atoms. The molecule has 0 aromatic carbocycles. The molecule has 1 saturated carbocycles. The van der Waals surface area contributed by atoms with Crippen molar-refractivity contribution in [2.45, 2.75) is 64.8 Å². The van der Waals surface area contributed by atoms with Crippen molar-refractivity contribution in [2.75, 3.05) is 39.9 Å². The molecule has 0 spiro atoms. The monoisotopic (exact) mass is 296 g/mol. The second-order valence-electron chi connectivity index (χ2n) is 8.61. The molecule has 2 rings (SSSR count). The van der Waals surface area contributed by atoms with Crippen LogP contribution < -0.4 is 5.32 Å². The van der Waals surface area contributed by atoms with Gasteiger partial charge in [0.05, 0.1) is 6.61 Å². The summed E-state index contributed by atoms with van der Waals surface area (Å²) in [6, 6.07) is 0. The molecule has 1 unspecified atom stereocenters. The molecule has 21 heavy (non-hydrogen) atoms. The van der Waals surface area contributed by atoms with Gasteiger partial charge in [0.1, 0.15) is 0 Å². The van der Waals surface area contributed by atoms with Gasteiger partial charge < -0.3 is 15.0 Å². The maximum absolute atomic E-state index is 5.85. The van der Waals surface area contributed by atoms with Crippen LogP contribution in [-0.2, 0) is 4.74 Å². The Balaban J connectivity index is 1.88. The zero-order valence-electron chi connectivity index (χ0n) is 14.7. The summed E-state index contributed by atoms with van der Waals surface area (Å²) in [6.45, 7) is 12.2. The van der Waals surface area contributed by atoms with Crippen molar-refractivity contribution in [1.82, 2.24) is 10.2 Å². The summed E-state index contributed by atoms with van der Waals surface area (Å²) in [5.41, 5.74) is 0.493. The molecular weight excluding hydrogens is 260 g/mol. The van der Waals surface area contributed by atoms with Gasteiger partial charge in [-0.25, -0.2) is 0 Å². The molecule has 0 amide bonds. The number of rotatable bonds is 6. The molecule has 0 aromatic heterocycles. The summed E-state index contributed by atoms with van der Waals surface area (Å²) in [7, 11) is 2.31. The lowest BCUT2D eigenvalue weighted by atomic mass is 9.81. The third-order valence-corrected chi connectivity index (χ3v) is 5.05. The first-order valence-electron chi connectivity index (χ1n) is 8.90. The van der Waals surface area contributed by atoms with Crippen LogP contribution in [0, 0.1) is 11.3 Å². The smallest absolute Gasteiger partial charge is 0.0546 e. The van der Waals surface area contributed by atoms with E-state index in [1.54, 1.807) is 0 Å². The van der Waals surface area contributed by atoms with Gasteiger partial charge >= 0.3 is 0 Å². The number of nitrogens with zero attached hydrogens (tertiary/aromatic N) is 1. The molecule has 1 N–H and O–H groups in total. The fourth-order valence-corrected chi connectivity index (χ4v) is 3.95. The van der Waals surface area contributed by atoms with E-state index in [0.717, 1.165) is 25.7 Å². The molecule has 2 aliphatic rings. The van der Waals surface area contributed by atoms with Crippen LogP contribution in [0.1, 0.15) is 59.3 Å². The van der Waals surface area contributed by atoms with Crippen molar-refractivity contribution in [2.24, 2.45) is 11.3 Å². The standard InChI is InChI=1S/C18H36N2O/c1-17(2,3)19-13-18(10-7-11-21-15-18)14-20(4)12-16-8-5-6-9-16/h16,19H,5-15H2,1-4H3. The van der Waals surface area contributed by atoms with Crippen molar-refractivity contribution >= 4 is 0 Å². The molecule has 2 fully saturated rings. The predicted molar refractivity (Wildman–Crippen MR) is 89.7 cm³/mol. The van der Waals surface area contributed by atoms with Gasteiger partial charge in [-0.15, -0.1) is 0 Å². The first kappa shape index (κ1) is 17.2.